The van der Waals surface area contributed by atoms with Crippen molar-refractivity contribution in [3.05, 3.63) is 35.9 Å². The smallest absolute Gasteiger partial charge is 0.410 e. The highest BCUT2D eigenvalue weighted by Gasteiger charge is 2.25. The summed E-state index contributed by atoms with van der Waals surface area (Å²) < 4.78 is 5.60. The first kappa shape index (κ1) is 17.8. The normalized spacial score (nSPS) is 16.1. The number of nitrogens with one attached hydrogen (secondary N) is 1. The van der Waals surface area contributed by atoms with Crippen molar-refractivity contribution >= 4 is 6.09 Å². The second-order valence-electron chi connectivity index (χ2n) is 7.36. The van der Waals surface area contributed by atoms with Gasteiger partial charge in [0.1, 0.15) is 5.60 Å². The fraction of sp³-hybridized carbons (Fsp3) is 0.632. The van der Waals surface area contributed by atoms with Gasteiger partial charge in [0, 0.05) is 13.1 Å². The Balaban J connectivity index is 1.96. The molecule has 1 heterocycles. The first-order valence-corrected chi connectivity index (χ1v) is 8.66. The number of piperidine rings is 1. The fourth-order valence-corrected chi connectivity index (χ4v) is 2.87. The largest absolute Gasteiger partial charge is 0.444 e. The van der Waals surface area contributed by atoms with Gasteiger partial charge in [0.25, 0.3) is 0 Å². The monoisotopic (exact) mass is 318 g/mol. The topological polar surface area (TPSA) is 41.6 Å². The Labute approximate surface area is 140 Å². The number of hydrogen-bond acceptors (Lipinski definition) is 3. The minimum Gasteiger partial charge on any atom is -0.444 e. The molecule has 1 fully saturated rings. The summed E-state index contributed by atoms with van der Waals surface area (Å²) in [7, 11) is 0. The lowest BCUT2D eigenvalue weighted by Crippen LogP contribution is -2.42. The number of hydrogen-bond donors (Lipinski definition) is 1. The van der Waals surface area contributed by atoms with Crippen molar-refractivity contribution < 1.29 is 9.53 Å². The summed E-state index contributed by atoms with van der Waals surface area (Å²) in [5.74, 6) is 0.569. The van der Waals surface area contributed by atoms with Gasteiger partial charge in [-0.15, -0.1) is 0 Å². The first-order valence-electron chi connectivity index (χ1n) is 8.66. The van der Waals surface area contributed by atoms with Crippen LogP contribution >= 0.6 is 0 Å². The van der Waals surface area contributed by atoms with Crippen molar-refractivity contribution in [2.45, 2.75) is 45.6 Å². The highest BCUT2D eigenvalue weighted by Crippen LogP contribution is 2.17. The van der Waals surface area contributed by atoms with Crippen LogP contribution < -0.4 is 5.32 Å². The fourth-order valence-electron chi connectivity index (χ4n) is 2.87. The Hall–Kier alpha value is -1.55. The van der Waals surface area contributed by atoms with Crippen molar-refractivity contribution in [1.82, 2.24) is 10.2 Å². The molecule has 0 aromatic heterocycles. The summed E-state index contributed by atoms with van der Waals surface area (Å²) in [4.78, 5) is 14.4. The molecule has 2 rings (SSSR count). The number of carbonyl (C=O) groups excluding carboxylic acids is 1. The molecule has 0 saturated carbocycles. The zero-order chi connectivity index (χ0) is 16.7. The molecule has 1 N–H and O–H groups in total. The summed E-state index contributed by atoms with van der Waals surface area (Å²) in [6.07, 6.45) is 2.94. The molecule has 1 aromatic carbocycles. The molecule has 0 spiro atoms. The Kier molecular flexibility index (Phi) is 6.46. The van der Waals surface area contributed by atoms with E-state index in [0.717, 1.165) is 38.9 Å². The van der Waals surface area contributed by atoms with Gasteiger partial charge in [0.2, 0.25) is 0 Å². The van der Waals surface area contributed by atoms with Gasteiger partial charge in [-0.25, -0.2) is 4.79 Å². The molecule has 4 nitrogen and oxygen atoms in total. The number of ether oxygens (including phenoxy) is 1. The van der Waals surface area contributed by atoms with Gasteiger partial charge in [-0.05, 0) is 64.6 Å². The maximum absolute atomic E-state index is 12.5. The molecule has 128 valence electrons. The standard InChI is InChI=1S/C19H30N2O2/c1-19(2,3)23-18(22)21(15-17-9-12-20-13-10-17)14-11-16-7-5-4-6-8-16/h4-8,17,20H,9-15H2,1-3H3. The Morgan fingerprint density at radius 3 is 2.48 bits per heavy atom. The van der Waals surface area contributed by atoms with Gasteiger partial charge in [-0.3, -0.25) is 0 Å². The van der Waals surface area contributed by atoms with E-state index in [1.807, 2.05) is 43.9 Å². The van der Waals surface area contributed by atoms with Crippen LogP contribution in [0, 0.1) is 5.92 Å². The van der Waals surface area contributed by atoms with Gasteiger partial charge in [-0.2, -0.15) is 0 Å². The van der Waals surface area contributed by atoms with Crippen LogP contribution in [0.1, 0.15) is 39.2 Å². The lowest BCUT2D eigenvalue weighted by atomic mass is 9.97. The van der Waals surface area contributed by atoms with E-state index in [9.17, 15) is 4.79 Å². The number of nitrogens with zero attached hydrogens (tertiary/aromatic N) is 1. The van der Waals surface area contributed by atoms with Gasteiger partial charge < -0.3 is 15.0 Å². The molecule has 1 aliphatic heterocycles. The SMILES string of the molecule is CC(C)(C)OC(=O)N(CCc1ccccc1)CC1CCNCC1. The molecule has 1 aromatic rings. The summed E-state index contributed by atoms with van der Waals surface area (Å²) >= 11 is 0. The van der Waals surface area contributed by atoms with Crippen LogP contribution in [0.25, 0.3) is 0 Å². The molecule has 4 heteroatoms. The van der Waals surface area contributed by atoms with Gasteiger partial charge in [0.05, 0.1) is 0 Å². The molecule has 23 heavy (non-hydrogen) atoms. The molecular weight excluding hydrogens is 288 g/mol. The van der Waals surface area contributed by atoms with Crippen LogP contribution in [-0.4, -0.2) is 42.8 Å². The quantitative estimate of drug-likeness (QED) is 0.904. The minimum absolute atomic E-state index is 0.188. The van der Waals surface area contributed by atoms with E-state index >= 15 is 0 Å². The third kappa shape index (κ3) is 6.61. The molecule has 0 aliphatic carbocycles. The van der Waals surface area contributed by atoms with Crippen molar-refractivity contribution in [1.29, 1.82) is 0 Å². The van der Waals surface area contributed by atoms with Crippen LogP contribution in [0.4, 0.5) is 4.79 Å². The molecule has 1 saturated heterocycles. The summed E-state index contributed by atoms with van der Waals surface area (Å²) in [6, 6.07) is 10.3. The van der Waals surface area contributed by atoms with E-state index in [2.05, 4.69) is 17.4 Å². The van der Waals surface area contributed by atoms with E-state index in [1.165, 1.54) is 5.56 Å². The molecule has 1 amide bonds. The number of rotatable bonds is 5. The number of carbonyl (C=O) groups is 1. The van der Waals surface area contributed by atoms with E-state index in [-0.39, 0.29) is 6.09 Å². The Morgan fingerprint density at radius 1 is 1.22 bits per heavy atom. The lowest BCUT2D eigenvalue weighted by Gasteiger charge is -2.32. The second-order valence-corrected chi connectivity index (χ2v) is 7.36. The molecule has 0 radical (unpaired) electrons. The number of amides is 1. The summed E-state index contributed by atoms with van der Waals surface area (Å²) in [5.41, 5.74) is 0.808. The lowest BCUT2D eigenvalue weighted by molar-refractivity contribution is 0.0212. The van der Waals surface area contributed by atoms with Gasteiger partial charge in [0.15, 0.2) is 0 Å². The summed E-state index contributed by atoms with van der Waals surface area (Å²) in [6.45, 7) is 9.36. The van der Waals surface area contributed by atoms with E-state index < -0.39 is 5.60 Å². The zero-order valence-electron chi connectivity index (χ0n) is 14.7. The third-order valence-electron chi connectivity index (χ3n) is 4.10. The molecule has 0 unspecified atom stereocenters. The average Bonchev–Trinajstić information content (AvgIpc) is 2.51. The maximum Gasteiger partial charge on any atom is 0.410 e. The highest BCUT2D eigenvalue weighted by atomic mass is 16.6. The van der Waals surface area contributed by atoms with Crippen LogP contribution in [0.15, 0.2) is 30.3 Å². The van der Waals surface area contributed by atoms with Gasteiger partial charge in [-0.1, -0.05) is 30.3 Å². The first-order chi connectivity index (χ1) is 10.9. The van der Waals surface area contributed by atoms with E-state index in [0.29, 0.717) is 12.5 Å². The van der Waals surface area contributed by atoms with Crippen LogP contribution in [0.5, 0.6) is 0 Å². The predicted octanol–water partition coefficient (Wildman–Crippen LogP) is 3.47. The van der Waals surface area contributed by atoms with Crippen LogP contribution in [-0.2, 0) is 11.2 Å². The summed E-state index contributed by atoms with van der Waals surface area (Å²) in [5, 5.41) is 3.38. The molecule has 0 bridgehead atoms. The van der Waals surface area contributed by atoms with E-state index in [1.54, 1.807) is 0 Å². The highest BCUT2D eigenvalue weighted by molar-refractivity contribution is 5.68. The maximum atomic E-state index is 12.5. The van der Waals surface area contributed by atoms with E-state index in [4.69, 9.17) is 4.74 Å². The Bertz CT molecular complexity index is 476. The van der Waals surface area contributed by atoms with Crippen LogP contribution in [0.2, 0.25) is 0 Å². The van der Waals surface area contributed by atoms with Crippen molar-refractivity contribution in [2.75, 3.05) is 26.2 Å². The predicted molar refractivity (Wildman–Crippen MR) is 93.5 cm³/mol. The van der Waals surface area contributed by atoms with Gasteiger partial charge >= 0.3 is 6.09 Å². The van der Waals surface area contributed by atoms with Crippen molar-refractivity contribution in [3.63, 3.8) is 0 Å². The number of benzene rings is 1. The van der Waals surface area contributed by atoms with Crippen molar-refractivity contribution in [2.24, 2.45) is 5.92 Å². The third-order valence-corrected chi connectivity index (χ3v) is 4.10. The molecule has 0 atom stereocenters. The second kappa shape index (κ2) is 8.34. The Morgan fingerprint density at radius 2 is 1.87 bits per heavy atom. The zero-order valence-corrected chi connectivity index (χ0v) is 14.7. The minimum atomic E-state index is -0.448. The average molecular weight is 318 g/mol. The van der Waals surface area contributed by atoms with Crippen LogP contribution in [0.3, 0.4) is 0 Å². The molecular formula is C19H30N2O2. The molecule has 1 aliphatic rings. The van der Waals surface area contributed by atoms with Crippen molar-refractivity contribution in [3.8, 4) is 0 Å².